The minimum Gasteiger partial charge on any atom is -0.465 e. The van der Waals surface area contributed by atoms with Crippen LogP contribution in [0.15, 0.2) is 44.8 Å². The molecule has 0 atom stereocenters. The molecule has 1 aromatic carbocycles. The van der Waals surface area contributed by atoms with Crippen molar-refractivity contribution in [3.63, 3.8) is 0 Å². The predicted octanol–water partition coefficient (Wildman–Crippen LogP) is 3.27. The number of carbonyl (C=O) groups excluding carboxylic acids is 1. The highest BCUT2D eigenvalue weighted by molar-refractivity contribution is 8.01. The monoisotopic (exact) mass is 265 g/mol. The number of hydrogen-bond donors (Lipinski definition) is 1. The van der Waals surface area contributed by atoms with Crippen LogP contribution in [0.4, 0.5) is 5.69 Å². The summed E-state index contributed by atoms with van der Waals surface area (Å²) in [6.45, 7) is 0. The molecule has 5 heteroatoms. The second-order valence-electron chi connectivity index (χ2n) is 3.27. The van der Waals surface area contributed by atoms with Gasteiger partial charge < -0.3 is 10.5 Å². The zero-order valence-electron chi connectivity index (χ0n) is 9.17. The van der Waals surface area contributed by atoms with Gasteiger partial charge in [-0.05, 0) is 29.6 Å². The molecule has 0 bridgehead atoms. The fourth-order valence-corrected chi connectivity index (χ4v) is 3.11. The number of hydrogen-bond acceptors (Lipinski definition) is 5. The van der Waals surface area contributed by atoms with Crippen LogP contribution >= 0.6 is 23.1 Å². The largest absolute Gasteiger partial charge is 0.465 e. The minimum atomic E-state index is -0.406. The van der Waals surface area contributed by atoms with Crippen molar-refractivity contribution < 1.29 is 9.53 Å². The molecule has 1 aromatic heterocycles. The maximum atomic E-state index is 11.5. The highest BCUT2D eigenvalue weighted by Crippen LogP contribution is 2.32. The maximum Gasteiger partial charge on any atom is 0.339 e. The van der Waals surface area contributed by atoms with Crippen molar-refractivity contribution in [3.05, 3.63) is 41.3 Å². The molecular formula is C12H11NO2S2. The first-order valence-electron chi connectivity index (χ1n) is 4.90. The molecule has 2 rings (SSSR count). The second kappa shape index (κ2) is 5.25. The first kappa shape index (κ1) is 12.0. The summed E-state index contributed by atoms with van der Waals surface area (Å²) in [4.78, 5) is 12.5. The summed E-state index contributed by atoms with van der Waals surface area (Å²) in [6.07, 6.45) is 0. The van der Waals surface area contributed by atoms with Gasteiger partial charge in [-0.15, -0.1) is 11.3 Å². The summed E-state index contributed by atoms with van der Waals surface area (Å²) in [7, 11) is 1.35. The highest BCUT2D eigenvalue weighted by atomic mass is 32.2. The highest BCUT2D eigenvalue weighted by Gasteiger charge is 2.11. The van der Waals surface area contributed by atoms with E-state index in [9.17, 15) is 4.79 Å². The van der Waals surface area contributed by atoms with Gasteiger partial charge in [0.1, 0.15) is 0 Å². The molecule has 0 unspecified atom stereocenters. The van der Waals surface area contributed by atoms with Gasteiger partial charge in [-0.2, -0.15) is 0 Å². The summed E-state index contributed by atoms with van der Waals surface area (Å²) in [5, 5.41) is 2.01. The van der Waals surface area contributed by atoms with Gasteiger partial charge >= 0.3 is 5.97 Å². The van der Waals surface area contributed by atoms with E-state index in [4.69, 9.17) is 5.73 Å². The molecule has 1 heterocycles. The zero-order chi connectivity index (χ0) is 12.3. The van der Waals surface area contributed by atoms with Gasteiger partial charge in [0, 0.05) is 10.6 Å². The molecule has 88 valence electrons. The Morgan fingerprint density at radius 3 is 2.88 bits per heavy atom. The smallest absolute Gasteiger partial charge is 0.339 e. The molecule has 0 aliphatic carbocycles. The molecule has 0 saturated carbocycles. The van der Waals surface area contributed by atoms with Gasteiger partial charge in [0.05, 0.1) is 16.9 Å². The summed E-state index contributed by atoms with van der Waals surface area (Å²) in [5.41, 5.74) is 6.58. The van der Waals surface area contributed by atoms with Gasteiger partial charge in [-0.3, -0.25) is 0 Å². The molecule has 0 aliphatic rings. The maximum absolute atomic E-state index is 11.5. The lowest BCUT2D eigenvalue weighted by molar-refractivity contribution is 0.0601. The van der Waals surface area contributed by atoms with Crippen LogP contribution in [-0.2, 0) is 4.74 Å². The fourth-order valence-electron chi connectivity index (χ4n) is 1.32. The number of anilines is 1. The molecule has 0 spiro atoms. The Morgan fingerprint density at radius 1 is 1.41 bits per heavy atom. The Kier molecular flexibility index (Phi) is 3.71. The summed E-state index contributed by atoms with van der Waals surface area (Å²) >= 11 is 3.26. The van der Waals surface area contributed by atoms with Gasteiger partial charge in [0.2, 0.25) is 0 Å². The minimum absolute atomic E-state index is 0.406. The van der Waals surface area contributed by atoms with E-state index in [1.54, 1.807) is 35.2 Å². The number of esters is 1. The van der Waals surface area contributed by atoms with E-state index >= 15 is 0 Å². The van der Waals surface area contributed by atoms with Crippen LogP contribution in [0, 0.1) is 0 Å². The molecule has 2 aromatic rings. The third-order valence-electron chi connectivity index (χ3n) is 2.14. The number of ether oxygens (including phenoxy) is 1. The topological polar surface area (TPSA) is 52.3 Å². The second-order valence-corrected chi connectivity index (χ2v) is 5.60. The van der Waals surface area contributed by atoms with Crippen LogP contribution in [0.1, 0.15) is 10.4 Å². The van der Waals surface area contributed by atoms with E-state index in [0.717, 1.165) is 4.90 Å². The van der Waals surface area contributed by atoms with Crippen molar-refractivity contribution >= 4 is 34.8 Å². The molecule has 0 fully saturated rings. The molecule has 0 amide bonds. The van der Waals surface area contributed by atoms with Gasteiger partial charge in [-0.1, -0.05) is 17.8 Å². The number of nitrogen functional groups attached to an aromatic ring is 1. The number of carbonyl (C=O) groups is 1. The third-order valence-corrected chi connectivity index (χ3v) is 4.17. The zero-order valence-corrected chi connectivity index (χ0v) is 10.8. The van der Waals surface area contributed by atoms with Crippen molar-refractivity contribution in [3.8, 4) is 0 Å². The molecule has 17 heavy (non-hydrogen) atoms. The van der Waals surface area contributed by atoms with Crippen molar-refractivity contribution in [2.45, 2.75) is 9.10 Å². The van der Waals surface area contributed by atoms with Gasteiger partial charge in [0.25, 0.3) is 0 Å². The lowest BCUT2D eigenvalue weighted by Gasteiger charge is -2.05. The first-order chi connectivity index (χ1) is 8.20. The standard InChI is InChI=1S/C12H11NO2S2/c1-15-12(14)9-7-8(4-5-10(9)13)17-11-3-2-6-16-11/h2-7H,13H2,1H3. The van der Waals surface area contributed by atoms with E-state index in [2.05, 4.69) is 4.74 Å². The van der Waals surface area contributed by atoms with Crippen LogP contribution in [-0.4, -0.2) is 13.1 Å². The third kappa shape index (κ3) is 2.81. The Hall–Kier alpha value is -1.46. The van der Waals surface area contributed by atoms with Crippen LogP contribution in [0.3, 0.4) is 0 Å². The van der Waals surface area contributed by atoms with Gasteiger partial charge in [0.15, 0.2) is 0 Å². The molecule has 0 radical (unpaired) electrons. The fraction of sp³-hybridized carbons (Fsp3) is 0.0833. The number of benzene rings is 1. The van der Waals surface area contributed by atoms with E-state index < -0.39 is 5.97 Å². The Balaban J connectivity index is 2.28. The van der Waals surface area contributed by atoms with Gasteiger partial charge in [-0.25, -0.2) is 4.79 Å². The number of thiophene rings is 1. The SMILES string of the molecule is COC(=O)c1cc(Sc2cccs2)ccc1N. The molecule has 0 saturated heterocycles. The Bertz CT molecular complexity index is 523. The first-order valence-corrected chi connectivity index (χ1v) is 6.59. The summed E-state index contributed by atoms with van der Waals surface area (Å²) < 4.78 is 5.85. The van der Waals surface area contributed by atoms with Crippen molar-refractivity contribution in [1.29, 1.82) is 0 Å². The normalized spacial score (nSPS) is 10.2. The Morgan fingerprint density at radius 2 is 2.24 bits per heavy atom. The summed E-state index contributed by atoms with van der Waals surface area (Å²) in [5.74, 6) is -0.406. The van der Waals surface area contributed by atoms with E-state index in [1.807, 2.05) is 23.6 Å². The number of methoxy groups -OCH3 is 1. The number of nitrogens with two attached hydrogens (primary N) is 1. The lowest BCUT2D eigenvalue weighted by atomic mass is 10.2. The average Bonchev–Trinajstić information content (AvgIpc) is 2.83. The molecule has 0 aliphatic heterocycles. The van der Waals surface area contributed by atoms with Crippen LogP contribution < -0.4 is 5.73 Å². The van der Waals surface area contributed by atoms with Crippen molar-refractivity contribution in [1.82, 2.24) is 0 Å². The molecule has 3 nitrogen and oxygen atoms in total. The predicted molar refractivity (Wildman–Crippen MR) is 70.6 cm³/mol. The molecule has 2 N–H and O–H groups in total. The van der Waals surface area contributed by atoms with Crippen LogP contribution in [0.25, 0.3) is 0 Å². The van der Waals surface area contributed by atoms with E-state index in [-0.39, 0.29) is 0 Å². The van der Waals surface area contributed by atoms with Crippen molar-refractivity contribution in [2.75, 3.05) is 12.8 Å². The van der Waals surface area contributed by atoms with Crippen molar-refractivity contribution in [2.24, 2.45) is 0 Å². The number of rotatable bonds is 3. The Labute approximate surface area is 108 Å². The molecular weight excluding hydrogens is 254 g/mol. The average molecular weight is 265 g/mol. The van der Waals surface area contributed by atoms with E-state index in [1.165, 1.54) is 11.3 Å². The van der Waals surface area contributed by atoms with Crippen LogP contribution in [0.5, 0.6) is 0 Å². The lowest BCUT2D eigenvalue weighted by Crippen LogP contribution is -2.05. The van der Waals surface area contributed by atoms with E-state index in [0.29, 0.717) is 11.3 Å². The summed E-state index contributed by atoms with van der Waals surface area (Å²) in [6, 6.07) is 9.40. The quantitative estimate of drug-likeness (QED) is 0.683. The van der Waals surface area contributed by atoms with Crippen LogP contribution in [0.2, 0.25) is 0 Å².